The second kappa shape index (κ2) is 9.88. The quantitative estimate of drug-likeness (QED) is 0.659. The summed E-state index contributed by atoms with van der Waals surface area (Å²) in [5.74, 6) is -1.54. The molecule has 142 valence electrons. The first kappa shape index (κ1) is 22.2. The number of carbonyl (C=O) groups is 2. The Hall–Kier alpha value is -2.13. The smallest absolute Gasteiger partial charge is 0.545 e. The molecule has 1 fully saturated rings. The van der Waals surface area contributed by atoms with Gasteiger partial charge < -0.3 is 15.2 Å². The van der Waals surface area contributed by atoms with Crippen LogP contribution in [-0.4, -0.2) is 29.4 Å². The third-order valence-corrected chi connectivity index (χ3v) is 4.97. The van der Waals surface area contributed by atoms with Crippen molar-refractivity contribution < 1.29 is 37.9 Å². The van der Waals surface area contributed by atoms with Gasteiger partial charge in [-0.25, -0.2) is 4.39 Å². The molecule has 1 heterocycles. The Balaban J connectivity index is 0.00000280. The van der Waals surface area contributed by atoms with Gasteiger partial charge in [-0.05, 0) is 55.1 Å². The SMILES string of the molecule is C[C@H](NC(=O)[C@H]1CCCN1Cc1ccc(F)cc1)c1ccc(C(=O)[O-])cc1.[Li+]. The number of halogens is 1. The fraction of sp³-hybridized carbons (Fsp3) is 0.333. The largest absolute Gasteiger partial charge is 1.00 e. The summed E-state index contributed by atoms with van der Waals surface area (Å²) in [6.45, 7) is 3.29. The number of nitrogens with zero attached hydrogens (tertiary/aromatic N) is 1. The Kier molecular flexibility index (Phi) is 7.82. The summed E-state index contributed by atoms with van der Waals surface area (Å²) in [6, 6.07) is 12.2. The van der Waals surface area contributed by atoms with Gasteiger partial charge in [-0.3, -0.25) is 9.69 Å². The molecule has 5 nitrogen and oxygen atoms in total. The topological polar surface area (TPSA) is 72.5 Å². The van der Waals surface area contributed by atoms with E-state index in [9.17, 15) is 19.1 Å². The monoisotopic (exact) mass is 376 g/mol. The molecule has 3 rings (SSSR count). The molecule has 0 saturated carbocycles. The van der Waals surface area contributed by atoms with Crippen LogP contribution in [0.5, 0.6) is 0 Å². The van der Waals surface area contributed by atoms with E-state index in [2.05, 4.69) is 10.2 Å². The predicted octanol–water partition coefficient (Wildman–Crippen LogP) is -0.965. The Morgan fingerprint density at radius 1 is 1.18 bits per heavy atom. The minimum absolute atomic E-state index is 0. The van der Waals surface area contributed by atoms with Crippen LogP contribution in [0.3, 0.4) is 0 Å². The standard InChI is InChI=1S/C21H23FN2O3.Li/c1-14(16-6-8-17(9-7-16)21(26)27)23-20(25)19-3-2-12-24(19)13-15-4-10-18(22)11-5-15;/h4-11,14,19H,2-3,12-13H2,1H3,(H,23,25)(H,26,27);/q;+1/p-1/t14-,19+;/m0./s1. The average Bonchev–Trinajstić information content (AvgIpc) is 3.12. The van der Waals surface area contributed by atoms with Gasteiger partial charge in [0.05, 0.1) is 18.1 Å². The van der Waals surface area contributed by atoms with E-state index >= 15 is 0 Å². The second-order valence-corrected chi connectivity index (χ2v) is 6.89. The molecule has 0 unspecified atom stereocenters. The van der Waals surface area contributed by atoms with Crippen molar-refractivity contribution >= 4 is 11.9 Å². The van der Waals surface area contributed by atoms with Crippen LogP contribution in [0.25, 0.3) is 0 Å². The van der Waals surface area contributed by atoms with Crippen molar-refractivity contribution in [3.63, 3.8) is 0 Å². The van der Waals surface area contributed by atoms with Crippen LogP contribution in [0.1, 0.15) is 47.3 Å². The van der Waals surface area contributed by atoms with E-state index in [1.807, 2.05) is 6.92 Å². The fourth-order valence-electron chi connectivity index (χ4n) is 3.44. The van der Waals surface area contributed by atoms with Crippen LogP contribution in [0.15, 0.2) is 48.5 Å². The van der Waals surface area contributed by atoms with E-state index in [0.29, 0.717) is 6.54 Å². The fourth-order valence-corrected chi connectivity index (χ4v) is 3.44. The molecular weight excluding hydrogens is 354 g/mol. The molecule has 0 spiro atoms. The number of hydrogen-bond donors (Lipinski definition) is 1. The molecule has 1 aliphatic heterocycles. The number of carbonyl (C=O) groups excluding carboxylic acids is 2. The summed E-state index contributed by atoms with van der Waals surface area (Å²) in [7, 11) is 0. The molecular formula is C21H22FLiN2O3. The van der Waals surface area contributed by atoms with Gasteiger partial charge >= 0.3 is 18.9 Å². The van der Waals surface area contributed by atoms with Gasteiger partial charge in [-0.2, -0.15) is 0 Å². The Labute approximate surface area is 176 Å². The number of rotatable bonds is 6. The Bertz CT molecular complexity index is 811. The number of hydrogen-bond acceptors (Lipinski definition) is 4. The Morgan fingerprint density at radius 3 is 2.43 bits per heavy atom. The minimum Gasteiger partial charge on any atom is -0.545 e. The van der Waals surface area contributed by atoms with Gasteiger partial charge in [-0.15, -0.1) is 0 Å². The maximum Gasteiger partial charge on any atom is 1.00 e. The number of aromatic carboxylic acids is 1. The van der Waals surface area contributed by atoms with E-state index in [4.69, 9.17) is 0 Å². The van der Waals surface area contributed by atoms with Crippen LogP contribution in [-0.2, 0) is 11.3 Å². The van der Waals surface area contributed by atoms with E-state index in [1.54, 1.807) is 24.3 Å². The maximum absolute atomic E-state index is 13.1. The number of amides is 1. The zero-order valence-electron chi connectivity index (χ0n) is 16.2. The van der Waals surface area contributed by atoms with Crippen molar-refractivity contribution in [3.05, 3.63) is 71.0 Å². The first-order valence-corrected chi connectivity index (χ1v) is 9.04. The first-order chi connectivity index (χ1) is 12.9. The van der Waals surface area contributed by atoms with E-state index in [1.165, 1.54) is 24.3 Å². The van der Waals surface area contributed by atoms with Crippen molar-refractivity contribution in [1.82, 2.24) is 10.2 Å². The maximum atomic E-state index is 13.1. The van der Waals surface area contributed by atoms with E-state index < -0.39 is 5.97 Å². The van der Waals surface area contributed by atoms with Crippen LogP contribution in [0.2, 0.25) is 0 Å². The summed E-state index contributed by atoms with van der Waals surface area (Å²) < 4.78 is 13.1. The van der Waals surface area contributed by atoms with Gasteiger partial charge in [0.2, 0.25) is 5.91 Å². The molecule has 2 aromatic carbocycles. The van der Waals surface area contributed by atoms with E-state index in [0.717, 1.165) is 30.5 Å². The van der Waals surface area contributed by atoms with Gasteiger partial charge in [0.1, 0.15) is 5.82 Å². The minimum atomic E-state index is -1.22. The molecule has 0 radical (unpaired) electrons. The van der Waals surface area contributed by atoms with Gasteiger partial charge in [0.25, 0.3) is 0 Å². The zero-order chi connectivity index (χ0) is 19.4. The second-order valence-electron chi connectivity index (χ2n) is 6.89. The summed E-state index contributed by atoms with van der Waals surface area (Å²) in [4.78, 5) is 25.7. The first-order valence-electron chi connectivity index (χ1n) is 9.04. The molecule has 1 N–H and O–H groups in total. The van der Waals surface area contributed by atoms with E-state index in [-0.39, 0.29) is 48.2 Å². The third-order valence-electron chi connectivity index (χ3n) is 4.97. The third kappa shape index (κ3) is 5.45. The molecule has 1 saturated heterocycles. The predicted molar refractivity (Wildman–Crippen MR) is 97.2 cm³/mol. The van der Waals surface area contributed by atoms with Gasteiger partial charge in [0, 0.05) is 6.54 Å². The van der Waals surface area contributed by atoms with Crippen molar-refractivity contribution in [2.75, 3.05) is 6.54 Å². The van der Waals surface area contributed by atoms with Crippen molar-refractivity contribution in [2.45, 2.75) is 38.4 Å². The van der Waals surface area contributed by atoms with Gasteiger partial charge in [0.15, 0.2) is 0 Å². The number of benzene rings is 2. The van der Waals surface area contributed by atoms with Gasteiger partial charge in [-0.1, -0.05) is 36.4 Å². The molecule has 0 aliphatic carbocycles. The van der Waals surface area contributed by atoms with Crippen LogP contribution < -0.4 is 29.3 Å². The molecule has 7 heteroatoms. The molecule has 2 atom stereocenters. The molecule has 1 amide bonds. The summed E-state index contributed by atoms with van der Waals surface area (Å²) >= 11 is 0. The normalized spacial score (nSPS) is 17.6. The summed E-state index contributed by atoms with van der Waals surface area (Å²) in [6.07, 6.45) is 1.72. The molecule has 2 aromatic rings. The van der Waals surface area contributed by atoms with Crippen molar-refractivity contribution in [2.24, 2.45) is 0 Å². The number of nitrogens with one attached hydrogen (secondary N) is 1. The Morgan fingerprint density at radius 2 is 1.82 bits per heavy atom. The molecule has 0 bridgehead atoms. The molecule has 1 aliphatic rings. The number of carboxylic acid groups (broad SMARTS) is 1. The number of likely N-dealkylation sites (tertiary alicyclic amines) is 1. The zero-order valence-corrected chi connectivity index (χ0v) is 16.2. The molecule has 0 aromatic heterocycles. The molecule has 28 heavy (non-hydrogen) atoms. The van der Waals surface area contributed by atoms with Crippen molar-refractivity contribution in [1.29, 1.82) is 0 Å². The van der Waals surface area contributed by atoms with Crippen LogP contribution >= 0.6 is 0 Å². The van der Waals surface area contributed by atoms with Crippen LogP contribution in [0.4, 0.5) is 4.39 Å². The average molecular weight is 376 g/mol. The summed E-state index contributed by atoms with van der Waals surface area (Å²) in [5, 5.41) is 13.8. The van der Waals surface area contributed by atoms with Crippen molar-refractivity contribution in [3.8, 4) is 0 Å². The summed E-state index contributed by atoms with van der Waals surface area (Å²) in [5.41, 5.74) is 1.91. The number of carboxylic acids is 1. The van der Waals surface area contributed by atoms with Crippen LogP contribution in [0, 0.1) is 5.82 Å².